The zero-order chi connectivity index (χ0) is 15.9. The quantitative estimate of drug-likeness (QED) is 0.872. The van der Waals surface area contributed by atoms with E-state index in [-0.39, 0.29) is 17.7 Å². The zero-order valence-corrected chi connectivity index (χ0v) is 14.2. The maximum atomic E-state index is 12.1. The van der Waals surface area contributed by atoms with Gasteiger partial charge in [-0.3, -0.25) is 9.59 Å². The van der Waals surface area contributed by atoms with Gasteiger partial charge in [-0.15, -0.1) is 11.3 Å². The molecule has 0 saturated carbocycles. The average molecular weight is 323 g/mol. The number of hydrogen-bond acceptors (Lipinski definition) is 4. The van der Waals surface area contributed by atoms with Crippen LogP contribution in [-0.2, 0) is 16.0 Å². The monoisotopic (exact) mass is 323 g/mol. The average Bonchev–Trinajstić information content (AvgIpc) is 3.00. The number of nitrogens with zero attached hydrogens (tertiary/aromatic N) is 2. The number of nitrogens with one attached hydrogen (secondary N) is 1. The highest BCUT2D eigenvalue weighted by Gasteiger charge is 2.27. The van der Waals surface area contributed by atoms with Crippen molar-refractivity contribution in [2.75, 3.05) is 19.6 Å². The number of thiazole rings is 1. The lowest BCUT2D eigenvalue weighted by Gasteiger charge is -2.31. The van der Waals surface area contributed by atoms with Crippen molar-refractivity contribution in [3.05, 3.63) is 16.6 Å². The van der Waals surface area contributed by atoms with Crippen LogP contribution in [0.25, 0.3) is 0 Å². The lowest BCUT2D eigenvalue weighted by atomic mass is 9.95. The van der Waals surface area contributed by atoms with Crippen molar-refractivity contribution >= 4 is 23.2 Å². The highest BCUT2D eigenvalue weighted by Crippen LogP contribution is 2.19. The molecule has 1 saturated heterocycles. The van der Waals surface area contributed by atoms with Gasteiger partial charge in [0, 0.05) is 43.8 Å². The van der Waals surface area contributed by atoms with E-state index in [1.807, 2.05) is 10.3 Å². The Labute approximate surface area is 136 Å². The molecule has 122 valence electrons. The molecule has 1 aliphatic heterocycles. The second kappa shape index (κ2) is 8.27. The number of rotatable bonds is 6. The second-order valence-electron chi connectivity index (χ2n) is 6.27. The molecule has 0 radical (unpaired) electrons. The molecule has 0 atom stereocenters. The molecule has 0 aliphatic carbocycles. The lowest BCUT2D eigenvalue weighted by Crippen LogP contribution is -2.43. The van der Waals surface area contributed by atoms with E-state index in [1.165, 1.54) is 0 Å². The number of carbonyl (C=O) groups excluding carboxylic acids is 2. The van der Waals surface area contributed by atoms with Gasteiger partial charge < -0.3 is 10.2 Å². The summed E-state index contributed by atoms with van der Waals surface area (Å²) in [6.45, 7) is 6.15. The van der Waals surface area contributed by atoms with Crippen molar-refractivity contribution in [2.24, 2.45) is 11.8 Å². The van der Waals surface area contributed by atoms with Crippen LogP contribution in [0.2, 0.25) is 0 Å². The number of aromatic nitrogens is 1. The van der Waals surface area contributed by atoms with Crippen LogP contribution >= 0.6 is 11.3 Å². The molecular formula is C16H25N3O2S. The molecule has 0 bridgehead atoms. The van der Waals surface area contributed by atoms with Gasteiger partial charge in [-0.2, -0.15) is 0 Å². The van der Waals surface area contributed by atoms with Gasteiger partial charge in [0.05, 0.1) is 11.2 Å². The van der Waals surface area contributed by atoms with E-state index >= 15 is 0 Å². The largest absolute Gasteiger partial charge is 0.355 e. The zero-order valence-electron chi connectivity index (χ0n) is 13.4. The molecule has 1 aliphatic rings. The molecule has 1 aromatic heterocycles. The molecule has 1 aromatic rings. The van der Waals surface area contributed by atoms with Gasteiger partial charge in [0.2, 0.25) is 11.8 Å². The van der Waals surface area contributed by atoms with Crippen LogP contribution < -0.4 is 5.32 Å². The highest BCUT2D eigenvalue weighted by molar-refractivity contribution is 7.07. The third kappa shape index (κ3) is 5.09. The first kappa shape index (κ1) is 16.9. The normalized spacial score (nSPS) is 16.0. The number of piperidine rings is 1. The number of hydrogen-bond donors (Lipinski definition) is 1. The van der Waals surface area contributed by atoms with Crippen molar-refractivity contribution in [3.63, 3.8) is 0 Å². The molecular weight excluding hydrogens is 298 g/mol. The van der Waals surface area contributed by atoms with Crippen LogP contribution in [0, 0.1) is 11.8 Å². The Morgan fingerprint density at radius 2 is 2.14 bits per heavy atom. The van der Waals surface area contributed by atoms with Crippen molar-refractivity contribution < 1.29 is 9.59 Å². The first-order valence-electron chi connectivity index (χ1n) is 7.98. The molecule has 2 amide bonds. The number of likely N-dealkylation sites (tertiary alicyclic amines) is 1. The minimum absolute atomic E-state index is 0.0403. The Morgan fingerprint density at radius 3 is 2.73 bits per heavy atom. The van der Waals surface area contributed by atoms with Gasteiger partial charge in [0.1, 0.15) is 0 Å². The molecule has 22 heavy (non-hydrogen) atoms. The summed E-state index contributed by atoms with van der Waals surface area (Å²) in [5.41, 5.74) is 2.83. The van der Waals surface area contributed by atoms with Crippen molar-refractivity contribution in [1.82, 2.24) is 15.2 Å². The predicted molar refractivity (Wildman–Crippen MR) is 87.6 cm³/mol. The fourth-order valence-corrected chi connectivity index (χ4v) is 3.28. The molecule has 2 heterocycles. The Morgan fingerprint density at radius 1 is 1.41 bits per heavy atom. The summed E-state index contributed by atoms with van der Waals surface area (Å²) in [5, 5.41) is 4.99. The van der Waals surface area contributed by atoms with E-state index in [4.69, 9.17) is 0 Å². The van der Waals surface area contributed by atoms with Crippen LogP contribution in [0.4, 0.5) is 0 Å². The van der Waals surface area contributed by atoms with Crippen LogP contribution in [0.1, 0.15) is 38.8 Å². The van der Waals surface area contributed by atoms with E-state index in [9.17, 15) is 9.59 Å². The van der Waals surface area contributed by atoms with E-state index < -0.39 is 0 Å². The fourth-order valence-electron chi connectivity index (χ4n) is 2.69. The second-order valence-corrected chi connectivity index (χ2v) is 6.99. The molecule has 0 unspecified atom stereocenters. The van der Waals surface area contributed by atoms with Crippen molar-refractivity contribution in [1.29, 1.82) is 0 Å². The minimum atomic E-state index is 0.0403. The van der Waals surface area contributed by atoms with Crippen molar-refractivity contribution in [3.8, 4) is 0 Å². The maximum absolute atomic E-state index is 12.1. The molecule has 0 aromatic carbocycles. The van der Waals surface area contributed by atoms with Gasteiger partial charge >= 0.3 is 0 Å². The third-order valence-corrected chi connectivity index (χ3v) is 4.60. The number of carbonyl (C=O) groups is 2. The Hall–Kier alpha value is -1.43. The van der Waals surface area contributed by atoms with Gasteiger partial charge in [0.15, 0.2) is 0 Å². The molecule has 5 nitrogen and oxygen atoms in total. The molecule has 2 rings (SSSR count). The molecule has 1 fully saturated rings. The van der Waals surface area contributed by atoms with Gasteiger partial charge in [-0.1, -0.05) is 13.8 Å². The fraction of sp³-hybridized carbons (Fsp3) is 0.688. The molecule has 0 spiro atoms. The summed E-state index contributed by atoms with van der Waals surface area (Å²) in [6, 6.07) is 0. The van der Waals surface area contributed by atoms with Gasteiger partial charge in [0.25, 0.3) is 0 Å². The summed E-state index contributed by atoms with van der Waals surface area (Å²) < 4.78 is 0. The lowest BCUT2D eigenvalue weighted by molar-refractivity contribution is -0.136. The maximum Gasteiger partial charge on any atom is 0.223 e. The smallest absolute Gasteiger partial charge is 0.223 e. The third-order valence-electron chi connectivity index (χ3n) is 3.97. The van der Waals surface area contributed by atoms with Gasteiger partial charge in [-0.05, 0) is 18.8 Å². The Balaban J connectivity index is 1.67. The Bertz CT molecular complexity index is 480. The standard InChI is InChI=1S/C16H25N3O2S/c1-12(2)9-15(20)19-7-4-13(5-8-19)16(21)17-6-3-14-10-22-11-18-14/h10-13H,3-9H2,1-2H3,(H,17,21). The number of amides is 2. The van der Waals surface area contributed by atoms with E-state index in [1.54, 1.807) is 16.8 Å². The summed E-state index contributed by atoms with van der Waals surface area (Å²) in [7, 11) is 0. The Kier molecular flexibility index (Phi) is 6.36. The summed E-state index contributed by atoms with van der Waals surface area (Å²) >= 11 is 1.57. The van der Waals surface area contributed by atoms with Crippen LogP contribution in [0.15, 0.2) is 10.9 Å². The highest BCUT2D eigenvalue weighted by atomic mass is 32.1. The van der Waals surface area contributed by atoms with Crippen LogP contribution in [0.3, 0.4) is 0 Å². The topological polar surface area (TPSA) is 62.3 Å². The predicted octanol–water partition coefficient (Wildman–Crippen LogP) is 2.09. The first-order valence-corrected chi connectivity index (χ1v) is 8.93. The summed E-state index contributed by atoms with van der Waals surface area (Å²) in [5.74, 6) is 0.765. The minimum Gasteiger partial charge on any atom is -0.355 e. The summed E-state index contributed by atoms with van der Waals surface area (Å²) in [4.78, 5) is 30.3. The molecule has 6 heteroatoms. The SMILES string of the molecule is CC(C)CC(=O)N1CCC(C(=O)NCCc2cscn2)CC1. The summed E-state index contributed by atoms with van der Waals surface area (Å²) in [6.07, 6.45) is 2.92. The van der Waals surface area contributed by atoms with E-state index in [0.717, 1.165) is 25.0 Å². The van der Waals surface area contributed by atoms with Crippen molar-refractivity contribution in [2.45, 2.75) is 39.5 Å². The first-order chi connectivity index (χ1) is 10.6. The van der Waals surface area contributed by atoms with E-state index in [0.29, 0.717) is 32.0 Å². The van der Waals surface area contributed by atoms with Gasteiger partial charge in [-0.25, -0.2) is 4.98 Å². The van der Waals surface area contributed by atoms with Crippen LogP contribution in [0.5, 0.6) is 0 Å². The van der Waals surface area contributed by atoms with E-state index in [2.05, 4.69) is 24.1 Å². The van der Waals surface area contributed by atoms with Crippen LogP contribution in [-0.4, -0.2) is 41.3 Å². The molecule has 1 N–H and O–H groups in total.